The first-order valence-electron chi connectivity index (χ1n) is 11.7. The largest absolute Gasteiger partial charge is 0.496 e. The number of hydrogen-bond donors (Lipinski definition) is 2. The number of aromatic amines is 1. The minimum atomic E-state index is -3.54. The molecule has 2 aromatic carbocycles. The highest BCUT2D eigenvalue weighted by atomic mass is 32.2. The zero-order valence-corrected chi connectivity index (χ0v) is 22.7. The van der Waals surface area contributed by atoms with Crippen molar-refractivity contribution in [3.8, 4) is 22.9 Å². The minimum absolute atomic E-state index is 0.0646. The standard InChI is InChI=1S/C27H27FN4O6S/c1-27(2,3)20-15-21(32-12-10-22(33)30-26(32)34)23(28)18(24(20)37-4)9-7-16-6-8-17(31-39(5,35)36)14-19(16)25-29-11-13-38-25/h6-15,31H,1-5H3,(H,30,33,34)/b9-7+. The summed E-state index contributed by atoms with van der Waals surface area (Å²) in [5.74, 6) is -0.257. The summed E-state index contributed by atoms with van der Waals surface area (Å²) in [7, 11) is -2.11. The van der Waals surface area contributed by atoms with Gasteiger partial charge in [0.05, 0.1) is 30.8 Å². The normalized spacial score (nSPS) is 12.2. The topological polar surface area (TPSA) is 136 Å². The third-order valence-corrected chi connectivity index (χ3v) is 6.38. The van der Waals surface area contributed by atoms with E-state index in [4.69, 9.17) is 9.15 Å². The number of hydrogen-bond acceptors (Lipinski definition) is 7. The Morgan fingerprint density at radius 1 is 1.15 bits per heavy atom. The summed E-state index contributed by atoms with van der Waals surface area (Å²) in [6, 6.07) is 7.39. The lowest BCUT2D eigenvalue weighted by Gasteiger charge is -2.25. The van der Waals surface area contributed by atoms with Gasteiger partial charge < -0.3 is 9.15 Å². The summed E-state index contributed by atoms with van der Waals surface area (Å²) in [4.78, 5) is 30.4. The number of nitrogens with one attached hydrogen (secondary N) is 2. The van der Waals surface area contributed by atoms with E-state index >= 15 is 4.39 Å². The van der Waals surface area contributed by atoms with Crippen LogP contribution in [-0.2, 0) is 15.4 Å². The molecule has 12 heteroatoms. The van der Waals surface area contributed by atoms with Crippen molar-refractivity contribution in [2.45, 2.75) is 26.2 Å². The third-order valence-electron chi connectivity index (χ3n) is 5.78. The van der Waals surface area contributed by atoms with Gasteiger partial charge in [0.2, 0.25) is 15.9 Å². The van der Waals surface area contributed by atoms with Gasteiger partial charge in [0, 0.05) is 29.1 Å². The summed E-state index contributed by atoms with van der Waals surface area (Å²) < 4.78 is 54.1. The van der Waals surface area contributed by atoms with E-state index in [1.54, 1.807) is 24.3 Å². The van der Waals surface area contributed by atoms with Crippen LogP contribution in [-0.4, -0.2) is 36.3 Å². The van der Waals surface area contributed by atoms with E-state index in [2.05, 4.69) is 14.7 Å². The zero-order valence-electron chi connectivity index (χ0n) is 21.9. The van der Waals surface area contributed by atoms with Gasteiger partial charge in [-0.3, -0.25) is 19.1 Å². The van der Waals surface area contributed by atoms with Crippen molar-refractivity contribution in [1.29, 1.82) is 0 Å². The Kier molecular flexibility index (Phi) is 7.33. The first kappa shape index (κ1) is 27.6. The molecule has 0 saturated carbocycles. The van der Waals surface area contributed by atoms with Crippen molar-refractivity contribution in [3.63, 3.8) is 0 Å². The fraction of sp³-hybridized carbons (Fsp3) is 0.222. The SMILES string of the molecule is COc1c(C(C)(C)C)cc(-n2ccc(=O)[nH]c2=O)c(F)c1/C=C/c1ccc(NS(C)(=O)=O)cc1-c1ncco1. The van der Waals surface area contributed by atoms with E-state index in [0.717, 1.165) is 16.9 Å². The lowest BCUT2D eigenvalue weighted by molar-refractivity contribution is 0.392. The highest BCUT2D eigenvalue weighted by Gasteiger charge is 2.26. The molecule has 0 saturated heterocycles. The van der Waals surface area contributed by atoms with Crippen LogP contribution in [0.3, 0.4) is 0 Å². The second-order valence-electron chi connectivity index (χ2n) is 9.78. The lowest BCUT2D eigenvalue weighted by Crippen LogP contribution is -2.28. The van der Waals surface area contributed by atoms with Crippen LogP contribution in [0.25, 0.3) is 29.3 Å². The number of halogens is 1. The molecule has 0 aliphatic rings. The van der Waals surface area contributed by atoms with Crippen molar-refractivity contribution < 1.29 is 22.0 Å². The number of sulfonamides is 1. The molecule has 0 atom stereocenters. The molecule has 0 fully saturated rings. The number of anilines is 1. The summed E-state index contributed by atoms with van der Waals surface area (Å²) in [6.07, 6.45) is 8.17. The maximum absolute atomic E-state index is 16.1. The van der Waals surface area contributed by atoms with Crippen molar-refractivity contribution in [2.24, 2.45) is 0 Å². The quantitative estimate of drug-likeness (QED) is 0.327. The van der Waals surface area contributed by atoms with Gasteiger partial charge in [0.1, 0.15) is 12.0 Å². The number of methoxy groups -OCH3 is 1. The van der Waals surface area contributed by atoms with Crippen LogP contribution < -0.4 is 20.7 Å². The van der Waals surface area contributed by atoms with Crippen LogP contribution in [0.1, 0.15) is 37.5 Å². The number of oxazole rings is 1. The predicted molar refractivity (Wildman–Crippen MR) is 147 cm³/mol. The average molecular weight is 555 g/mol. The van der Waals surface area contributed by atoms with Crippen LogP contribution >= 0.6 is 0 Å². The van der Waals surface area contributed by atoms with E-state index in [1.807, 2.05) is 20.8 Å². The van der Waals surface area contributed by atoms with Gasteiger partial charge in [-0.25, -0.2) is 22.6 Å². The highest BCUT2D eigenvalue weighted by Crippen LogP contribution is 2.39. The first-order chi connectivity index (χ1) is 18.3. The van der Waals surface area contributed by atoms with Crippen LogP contribution in [0.4, 0.5) is 10.1 Å². The highest BCUT2D eigenvalue weighted by molar-refractivity contribution is 7.92. The second kappa shape index (κ2) is 10.4. The first-order valence-corrected chi connectivity index (χ1v) is 13.6. The number of benzene rings is 2. The van der Waals surface area contributed by atoms with Crippen molar-refractivity contribution in [3.05, 3.63) is 92.3 Å². The average Bonchev–Trinajstić information content (AvgIpc) is 3.37. The van der Waals surface area contributed by atoms with Gasteiger partial charge in [0.25, 0.3) is 5.56 Å². The number of ether oxygens (including phenoxy) is 1. The van der Waals surface area contributed by atoms with Crippen molar-refractivity contribution in [2.75, 3.05) is 18.1 Å². The van der Waals surface area contributed by atoms with Gasteiger partial charge in [0.15, 0.2) is 5.82 Å². The maximum Gasteiger partial charge on any atom is 0.333 e. The van der Waals surface area contributed by atoms with Crippen LogP contribution in [0.5, 0.6) is 5.75 Å². The molecular formula is C27H27FN4O6S. The van der Waals surface area contributed by atoms with Crippen molar-refractivity contribution >= 4 is 27.9 Å². The molecule has 204 valence electrons. The molecular weight excluding hydrogens is 527 g/mol. The Bertz CT molecular complexity index is 1780. The molecule has 2 heterocycles. The molecule has 0 aliphatic carbocycles. The van der Waals surface area contributed by atoms with E-state index in [1.165, 1.54) is 37.9 Å². The minimum Gasteiger partial charge on any atom is -0.496 e. The maximum atomic E-state index is 16.1. The molecule has 2 aromatic heterocycles. The number of nitrogens with zero attached hydrogens (tertiary/aromatic N) is 2. The van der Waals surface area contributed by atoms with E-state index in [9.17, 15) is 18.0 Å². The Balaban J connectivity index is 1.94. The lowest BCUT2D eigenvalue weighted by atomic mass is 9.84. The molecule has 0 radical (unpaired) electrons. The Hall–Kier alpha value is -4.45. The van der Waals surface area contributed by atoms with Crippen molar-refractivity contribution in [1.82, 2.24) is 14.5 Å². The van der Waals surface area contributed by atoms with E-state index in [-0.39, 0.29) is 22.9 Å². The number of aromatic nitrogens is 3. The molecule has 0 spiro atoms. The summed E-state index contributed by atoms with van der Waals surface area (Å²) in [5, 5.41) is 0. The molecule has 0 unspecified atom stereocenters. The third kappa shape index (κ3) is 6.01. The van der Waals surface area contributed by atoms with Gasteiger partial charge in [-0.2, -0.15) is 0 Å². The van der Waals surface area contributed by atoms with E-state index < -0.39 is 32.5 Å². The van der Waals surface area contributed by atoms with Crippen LogP contribution in [0, 0.1) is 5.82 Å². The van der Waals surface area contributed by atoms with Gasteiger partial charge in [-0.1, -0.05) is 32.9 Å². The van der Waals surface area contributed by atoms with Gasteiger partial charge in [-0.15, -0.1) is 0 Å². The summed E-state index contributed by atoms with van der Waals surface area (Å²) in [5.41, 5.74) is 0.00781. The Morgan fingerprint density at radius 2 is 1.90 bits per heavy atom. The second-order valence-corrected chi connectivity index (χ2v) is 11.5. The Morgan fingerprint density at radius 3 is 2.49 bits per heavy atom. The van der Waals surface area contributed by atoms with E-state index in [0.29, 0.717) is 22.4 Å². The molecule has 0 amide bonds. The molecule has 4 aromatic rings. The predicted octanol–water partition coefficient (Wildman–Crippen LogP) is 4.17. The summed E-state index contributed by atoms with van der Waals surface area (Å²) in [6.45, 7) is 5.76. The zero-order chi connectivity index (χ0) is 28.5. The molecule has 4 rings (SSSR count). The molecule has 39 heavy (non-hydrogen) atoms. The molecule has 0 bridgehead atoms. The Labute approximate surface area is 223 Å². The molecule has 0 aliphatic heterocycles. The smallest absolute Gasteiger partial charge is 0.333 e. The monoisotopic (exact) mass is 554 g/mol. The van der Waals surface area contributed by atoms with Crippen LogP contribution in [0.2, 0.25) is 0 Å². The summed E-state index contributed by atoms with van der Waals surface area (Å²) >= 11 is 0. The van der Waals surface area contributed by atoms with Gasteiger partial charge >= 0.3 is 5.69 Å². The number of rotatable bonds is 7. The van der Waals surface area contributed by atoms with Gasteiger partial charge in [-0.05, 0) is 35.3 Å². The number of H-pyrrole nitrogens is 1. The molecule has 10 nitrogen and oxygen atoms in total. The molecule has 2 N–H and O–H groups in total. The van der Waals surface area contributed by atoms with Crippen LogP contribution in [0.15, 0.2) is 63.0 Å². The fourth-order valence-electron chi connectivity index (χ4n) is 4.05. The fourth-order valence-corrected chi connectivity index (χ4v) is 4.61.